The first-order chi connectivity index (χ1) is 8.00. The van der Waals surface area contributed by atoms with Gasteiger partial charge in [0.2, 0.25) is 0 Å². The molecule has 0 saturated carbocycles. The Hall–Kier alpha value is -1.29. The van der Waals surface area contributed by atoms with Crippen LogP contribution in [-0.4, -0.2) is 24.3 Å². The molecule has 1 aromatic carbocycles. The van der Waals surface area contributed by atoms with Crippen LogP contribution in [0.3, 0.4) is 0 Å². The van der Waals surface area contributed by atoms with Crippen molar-refractivity contribution in [3.8, 4) is 11.3 Å². The van der Waals surface area contributed by atoms with E-state index in [0.717, 1.165) is 16.0 Å². The third kappa shape index (κ3) is 2.22. The Morgan fingerprint density at radius 2 is 1.94 bits per heavy atom. The summed E-state index contributed by atoms with van der Waals surface area (Å²) in [6.45, 7) is 4.22. The fourth-order valence-corrected chi connectivity index (χ4v) is 2.63. The number of rotatable bonds is 2. The van der Waals surface area contributed by atoms with Crippen molar-refractivity contribution < 1.29 is 0 Å². The van der Waals surface area contributed by atoms with E-state index in [4.69, 9.17) is 0 Å². The van der Waals surface area contributed by atoms with Gasteiger partial charge in [-0.15, -0.1) is 0 Å². The fourth-order valence-electron chi connectivity index (χ4n) is 1.89. The lowest BCUT2D eigenvalue weighted by atomic mass is 10.0. The summed E-state index contributed by atoms with van der Waals surface area (Å²) in [6.07, 6.45) is 0. The van der Waals surface area contributed by atoms with Gasteiger partial charge in [-0.3, -0.25) is 5.10 Å². The number of H-pyrrole nitrogens is 1. The van der Waals surface area contributed by atoms with E-state index in [0.29, 0.717) is 0 Å². The lowest BCUT2D eigenvalue weighted by molar-refractivity contribution is 1.01. The Balaban J connectivity index is 2.54. The van der Waals surface area contributed by atoms with E-state index < -0.39 is 0 Å². The molecule has 0 aliphatic rings. The summed E-state index contributed by atoms with van der Waals surface area (Å²) in [5.74, 6) is 0.917. The second kappa shape index (κ2) is 4.53. The number of nitrogens with one attached hydrogen (secondary N) is 1. The molecule has 3 nitrogen and oxygen atoms in total. The molecule has 1 aromatic heterocycles. The van der Waals surface area contributed by atoms with E-state index >= 15 is 0 Å². The first kappa shape index (κ1) is 12.2. The summed E-state index contributed by atoms with van der Waals surface area (Å²) >= 11 is 3.61. The van der Waals surface area contributed by atoms with Gasteiger partial charge in [0.1, 0.15) is 0 Å². The van der Waals surface area contributed by atoms with Gasteiger partial charge in [0.15, 0.2) is 5.82 Å². The van der Waals surface area contributed by atoms with E-state index in [1.54, 1.807) is 0 Å². The van der Waals surface area contributed by atoms with E-state index in [9.17, 15) is 0 Å². The Morgan fingerprint density at radius 1 is 1.24 bits per heavy atom. The highest BCUT2D eigenvalue weighted by Crippen LogP contribution is 2.34. The summed E-state index contributed by atoms with van der Waals surface area (Å²) in [4.78, 5) is 1.98. The van der Waals surface area contributed by atoms with Gasteiger partial charge in [0, 0.05) is 19.7 Å². The van der Waals surface area contributed by atoms with Crippen molar-refractivity contribution in [3.05, 3.63) is 33.8 Å². The normalized spacial score (nSPS) is 10.6. The maximum absolute atomic E-state index is 4.31. The Morgan fingerprint density at radius 3 is 2.47 bits per heavy atom. The number of aromatic nitrogens is 2. The number of benzene rings is 1. The summed E-state index contributed by atoms with van der Waals surface area (Å²) in [5.41, 5.74) is 4.74. The Kier molecular flexibility index (Phi) is 3.24. The number of aromatic amines is 1. The lowest BCUT2D eigenvalue weighted by Crippen LogP contribution is -2.09. The van der Waals surface area contributed by atoms with Gasteiger partial charge in [-0.05, 0) is 35.3 Å². The zero-order chi connectivity index (χ0) is 12.6. The number of halogens is 1. The lowest BCUT2D eigenvalue weighted by Gasteiger charge is -2.09. The van der Waals surface area contributed by atoms with Crippen LogP contribution < -0.4 is 4.90 Å². The van der Waals surface area contributed by atoms with Crippen molar-refractivity contribution in [3.63, 3.8) is 0 Å². The van der Waals surface area contributed by atoms with Gasteiger partial charge in [-0.1, -0.05) is 23.8 Å². The largest absolute Gasteiger partial charge is 0.360 e. The number of nitrogens with zero attached hydrogens (tertiary/aromatic N) is 2. The predicted octanol–water partition coefficient (Wildman–Crippen LogP) is 3.52. The quantitative estimate of drug-likeness (QED) is 0.919. The summed E-state index contributed by atoms with van der Waals surface area (Å²) in [6, 6.07) is 6.42. The van der Waals surface area contributed by atoms with E-state index in [2.05, 4.69) is 58.2 Å². The van der Waals surface area contributed by atoms with E-state index in [1.165, 1.54) is 16.7 Å². The van der Waals surface area contributed by atoms with Crippen LogP contribution in [0.15, 0.2) is 22.7 Å². The van der Waals surface area contributed by atoms with Crippen LogP contribution in [0.5, 0.6) is 0 Å². The van der Waals surface area contributed by atoms with Gasteiger partial charge in [0.25, 0.3) is 0 Å². The van der Waals surface area contributed by atoms with Crippen LogP contribution in [0.1, 0.15) is 11.1 Å². The van der Waals surface area contributed by atoms with Crippen molar-refractivity contribution >= 4 is 21.7 Å². The average Bonchev–Trinajstić information content (AvgIpc) is 2.60. The zero-order valence-corrected chi connectivity index (χ0v) is 12.1. The maximum Gasteiger partial charge on any atom is 0.164 e. The second-order valence-electron chi connectivity index (χ2n) is 4.45. The Labute approximate surface area is 110 Å². The van der Waals surface area contributed by atoms with Crippen molar-refractivity contribution in [1.29, 1.82) is 0 Å². The topological polar surface area (TPSA) is 31.9 Å². The summed E-state index contributed by atoms with van der Waals surface area (Å²) in [7, 11) is 3.96. The standard InChI is InChI=1S/C13H16BrN3/c1-8-5-6-10(9(2)7-8)12-11(14)13(16-15-12)17(3)4/h5-7H,1-4H3,(H,15,16). The molecule has 4 heteroatoms. The van der Waals surface area contributed by atoms with Crippen LogP contribution in [0.4, 0.5) is 5.82 Å². The molecule has 2 rings (SSSR count). The molecule has 0 amide bonds. The van der Waals surface area contributed by atoms with Crippen LogP contribution in [0.25, 0.3) is 11.3 Å². The SMILES string of the molecule is Cc1ccc(-c2[nH]nc(N(C)C)c2Br)c(C)c1. The van der Waals surface area contributed by atoms with Crippen LogP contribution >= 0.6 is 15.9 Å². The Bertz CT molecular complexity index is 544. The highest BCUT2D eigenvalue weighted by molar-refractivity contribution is 9.10. The van der Waals surface area contributed by atoms with Crippen molar-refractivity contribution in [2.24, 2.45) is 0 Å². The molecule has 0 aliphatic carbocycles. The first-order valence-electron chi connectivity index (χ1n) is 5.49. The van der Waals surface area contributed by atoms with Crippen molar-refractivity contribution in [2.45, 2.75) is 13.8 Å². The molecule has 17 heavy (non-hydrogen) atoms. The fraction of sp³-hybridized carbons (Fsp3) is 0.308. The molecule has 0 radical (unpaired) electrons. The molecular formula is C13H16BrN3. The van der Waals surface area contributed by atoms with Gasteiger partial charge >= 0.3 is 0 Å². The van der Waals surface area contributed by atoms with Crippen LogP contribution in [0.2, 0.25) is 0 Å². The molecule has 1 N–H and O–H groups in total. The molecule has 0 fully saturated rings. The van der Waals surface area contributed by atoms with Crippen molar-refractivity contribution in [1.82, 2.24) is 10.2 Å². The minimum Gasteiger partial charge on any atom is -0.360 e. The van der Waals surface area contributed by atoms with Gasteiger partial charge < -0.3 is 4.90 Å². The smallest absolute Gasteiger partial charge is 0.164 e. The van der Waals surface area contributed by atoms with Gasteiger partial charge in [0.05, 0.1) is 10.2 Å². The predicted molar refractivity (Wildman–Crippen MR) is 75.5 cm³/mol. The van der Waals surface area contributed by atoms with E-state index in [1.807, 2.05) is 19.0 Å². The first-order valence-corrected chi connectivity index (χ1v) is 6.29. The molecule has 2 aromatic rings. The molecule has 0 unspecified atom stereocenters. The minimum absolute atomic E-state index is 0.917. The molecule has 0 aliphatic heterocycles. The third-order valence-electron chi connectivity index (χ3n) is 2.76. The maximum atomic E-state index is 4.31. The minimum atomic E-state index is 0.917. The van der Waals surface area contributed by atoms with Crippen LogP contribution in [-0.2, 0) is 0 Å². The highest BCUT2D eigenvalue weighted by Gasteiger charge is 2.14. The molecule has 0 bridgehead atoms. The molecule has 0 saturated heterocycles. The molecular weight excluding hydrogens is 278 g/mol. The average molecular weight is 294 g/mol. The van der Waals surface area contributed by atoms with Crippen LogP contribution in [0, 0.1) is 13.8 Å². The summed E-state index contributed by atoms with van der Waals surface area (Å²) < 4.78 is 1.01. The molecule has 90 valence electrons. The number of aryl methyl sites for hydroxylation is 2. The number of anilines is 1. The zero-order valence-electron chi connectivity index (χ0n) is 10.5. The third-order valence-corrected chi connectivity index (χ3v) is 3.52. The van der Waals surface area contributed by atoms with Crippen molar-refractivity contribution in [2.75, 3.05) is 19.0 Å². The molecule has 0 atom stereocenters. The molecule has 1 heterocycles. The highest BCUT2D eigenvalue weighted by atomic mass is 79.9. The number of hydrogen-bond acceptors (Lipinski definition) is 2. The number of hydrogen-bond donors (Lipinski definition) is 1. The van der Waals surface area contributed by atoms with Gasteiger partial charge in [-0.2, -0.15) is 5.10 Å². The second-order valence-corrected chi connectivity index (χ2v) is 5.24. The summed E-state index contributed by atoms with van der Waals surface area (Å²) in [5, 5.41) is 7.40. The van der Waals surface area contributed by atoms with Gasteiger partial charge in [-0.25, -0.2) is 0 Å². The van der Waals surface area contributed by atoms with E-state index in [-0.39, 0.29) is 0 Å². The monoisotopic (exact) mass is 293 g/mol. The molecule has 0 spiro atoms.